The first-order valence-electron chi connectivity index (χ1n) is 5.77. The van der Waals surface area contributed by atoms with Crippen LogP contribution in [0.1, 0.15) is 15.9 Å². The molecule has 19 heavy (non-hydrogen) atoms. The molecule has 0 unspecified atom stereocenters. The third-order valence-electron chi connectivity index (χ3n) is 2.76. The van der Waals surface area contributed by atoms with Crippen LogP contribution >= 0.6 is 0 Å². The molecule has 1 amide bonds. The van der Waals surface area contributed by atoms with Crippen molar-refractivity contribution in [2.24, 2.45) is 0 Å². The highest BCUT2D eigenvalue weighted by Gasteiger charge is 2.13. The van der Waals surface area contributed by atoms with Crippen LogP contribution in [-0.2, 0) is 6.54 Å². The Balaban J connectivity index is 2.12. The molecule has 98 valence electrons. The van der Waals surface area contributed by atoms with Crippen molar-refractivity contribution in [3.05, 3.63) is 59.7 Å². The first kappa shape index (κ1) is 13.0. The summed E-state index contributed by atoms with van der Waals surface area (Å²) < 4.78 is 13.1. The van der Waals surface area contributed by atoms with Crippen LogP contribution in [0.2, 0.25) is 0 Å². The molecule has 2 N–H and O–H groups in total. The molecule has 5 heteroatoms. The number of carbonyl (C=O) groups excluding carboxylic acids is 1. The molecule has 2 aromatic rings. The van der Waals surface area contributed by atoms with E-state index in [9.17, 15) is 9.18 Å². The molecular weight excluding hydrogens is 245 g/mol. The Morgan fingerprint density at radius 3 is 2.63 bits per heavy atom. The molecule has 1 aromatic carbocycles. The highest BCUT2D eigenvalue weighted by molar-refractivity contribution is 5.94. The number of carbonyl (C=O) groups is 1. The molecule has 0 spiro atoms. The number of rotatable bonds is 3. The summed E-state index contributed by atoms with van der Waals surface area (Å²) in [5.41, 5.74) is 6.78. The summed E-state index contributed by atoms with van der Waals surface area (Å²) in [4.78, 5) is 17.6. The maximum atomic E-state index is 13.1. The summed E-state index contributed by atoms with van der Waals surface area (Å²) in [6, 6.07) is 7.65. The Labute approximate surface area is 110 Å². The standard InChI is InChI=1S/C14H14FN3O/c1-18(9-10-4-6-17-7-5-10)14(19)11-2-3-12(15)13(16)8-11/h2-8H,9,16H2,1H3. The lowest BCUT2D eigenvalue weighted by Crippen LogP contribution is -2.26. The summed E-state index contributed by atoms with van der Waals surface area (Å²) in [5, 5.41) is 0. The van der Waals surface area contributed by atoms with Crippen LogP contribution in [-0.4, -0.2) is 22.8 Å². The van der Waals surface area contributed by atoms with Crippen molar-refractivity contribution in [3.8, 4) is 0 Å². The highest BCUT2D eigenvalue weighted by Crippen LogP contribution is 2.14. The smallest absolute Gasteiger partial charge is 0.253 e. The fourth-order valence-corrected chi connectivity index (χ4v) is 1.73. The van der Waals surface area contributed by atoms with Gasteiger partial charge in [0.2, 0.25) is 0 Å². The summed E-state index contributed by atoms with van der Waals surface area (Å²) in [5.74, 6) is -0.725. The molecule has 1 aromatic heterocycles. The average Bonchev–Trinajstić information content (AvgIpc) is 2.42. The molecule has 0 atom stereocenters. The van der Waals surface area contributed by atoms with Crippen LogP contribution in [0.3, 0.4) is 0 Å². The third kappa shape index (κ3) is 3.07. The fourth-order valence-electron chi connectivity index (χ4n) is 1.73. The van der Waals surface area contributed by atoms with Crippen LogP contribution < -0.4 is 5.73 Å². The number of benzene rings is 1. The van der Waals surface area contributed by atoms with Crippen LogP contribution in [0.15, 0.2) is 42.7 Å². The van der Waals surface area contributed by atoms with Crippen LogP contribution in [0.25, 0.3) is 0 Å². The number of aromatic nitrogens is 1. The molecule has 0 radical (unpaired) electrons. The number of nitrogens with two attached hydrogens (primary N) is 1. The molecule has 0 saturated heterocycles. The number of nitrogens with zero attached hydrogens (tertiary/aromatic N) is 2. The van der Waals surface area contributed by atoms with Gasteiger partial charge in [0.15, 0.2) is 0 Å². The van der Waals surface area contributed by atoms with E-state index in [1.165, 1.54) is 18.2 Å². The Morgan fingerprint density at radius 2 is 2.00 bits per heavy atom. The summed E-state index contributed by atoms with van der Waals surface area (Å²) >= 11 is 0. The van der Waals surface area contributed by atoms with Gasteiger partial charge in [-0.3, -0.25) is 9.78 Å². The van der Waals surface area contributed by atoms with E-state index in [1.54, 1.807) is 24.3 Å². The Morgan fingerprint density at radius 1 is 1.32 bits per heavy atom. The lowest BCUT2D eigenvalue weighted by Gasteiger charge is -2.17. The first-order valence-corrected chi connectivity index (χ1v) is 5.77. The van der Waals surface area contributed by atoms with Crippen molar-refractivity contribution in [3.63, 3.8) is 0 Å². The van der Waals surface area contributed by atoms with Gasteiger partial charge in [0.1, 0.15) is 5.82 Å². The second-order valence-electron chi connectivity index (χ2n) is 4.25. The van der Waals surface area contributed by atoms with E-state index in [-0.39, 0.29) is 11.6 Å². The topological polar surface area (TPSA) is 59.2 Å². The minimum atomic E-state index is -0.520. The number of anilines is 1. The average molecular weight is 259 g/mol. The molecule has 2 rings (SSSR count). The van der Waals surface area contributed by atoms with Gasteiger partial charge >= 0.3 is 0 Å². The van der Waals surface area contributed by atoms with Crippen LogP contribution in [0, 0.1) is 5.82 Å². The van der Waals surface area contributed by atoms with Crippen molar-refractivity contribution >= 4 is 11.6 Å². The molecular formula is C14H14FN3O. The third-order valence-corrected chi connectivity index (χ3v) is 2.76. The molecule has 0 aliphatic carbocycles. The molecule has 0 aliphatic rings. The van der Waals surface area contributed by atoms with Gasteiger partial charge in [-0.15, -0.1) is 0 Å². The first-order chi connectivity index (χ1) is 9.08. The van der Waals surface area contributed by atoms with E-state index in [0.29, 0.717) is 12.1 Å². The SMILES string of the molecule is CN(Cc1ccncc1)C(=O)c1ccc(F)c(N)c1. The number of hydrogen-bond acceptors (Lipinski definition) is 3. The predicted octanol–water partition coefficient (Wildman–Crippen LogP) is 2.08. The molecule has 0 bridgehead atoms. The molecule has 0 aliphatic heterocycles. The maximum absolute atomic E-state index is 13.1. The van der Waals surface area contributed by atoms with Crippen LogP contribution in [0.5, 0.6) is 0 Å². The quantitative estimate of drug-likeness (QED) is 0.858. The van der Waals surface area contributed by atoms with E-state index in [1.807, 2.05) is 12.1 Å². The largest absolute Gasteiger partial charge is 0.396 e. The lowest BCUT2D eigenvalue weighted by atomic mass is 10.1. The summed E-state index contributed by atoms with van der Waals surface area (Å²) in [6.45, 7) is 0.457. The normalized spacial score (nSPS) is 10.2. The summed E-state index contributed by atoms with van der Waals surface area (Å²) in [7, 11) is 1.68. The van der Waals surface area contributed by atoms with Gasteiger partial charge in [-0.1, -0.05) is 0 Å². The van der Waals surface area contributed by atoms with Crippen LogP contribution in [0.4, 0.5) is 10.1 Å². The van der Waals surface area contributed by atoms with E-state index >= 15 is 0 Å². The lowest BCUT2D eigenvalue weighted by molar-refractivity contribution is 0.0785. The van der Waals surface area contributed by atoms with Gasteiger partial charge in [-0.25, -0.2) is 4.39 Å². The van der Waals surface area contributed by atoms with Crippen molar-refractivity contribution in [2.75, 3.05) is 12.8 Å². The van der Waals surface area contributed by atoms with Crippen molar-refractivity contribution in [1.82, 2.24) is 9.88 Å². The van der Waals surface area contributed by atoms with Crippen molar-refractivity contribution < 1.29 is 9.18 Å². The number of hydrogen-bond donors (Lipinski definition) is 1. The van der Waals surface area contributed by atoms with Crippen molar-refractivity contribution in [1.29, 1.82) is 0 Å². The molecule has 0 saturated carbocycles. The number of nitrogen functional groups attached to an aromatic ring is 1. The predicted molar refractivity (Wildman–Crippen MR) is 70.8 cm³/mol. The Hall–Kier alpha value is -2.43. The van der Waals surface area contributed by atoms with E-state index in [0.717, 1.165) is 5.56 Å². The van der Waals surface area contributed by atoms with E-state index in [4.69, 9.17) is 5.73 Å². The summed E-state index contributed by atoms with van der Waals surface area (Å²) in [6.07, 6.45) is 3.34. The van der Waals surface area contributed by atoms with Gasteiger partial charge in [0, 0.05) is 31.5 Å². The van der Waals surface area contributed by atoms with Gasteiger partial charge in [0.05, 0.1) is 5.69 Å². The number of amides is 1. The van der Waals surface area contributed by atoms with Gasteiger partial charge < -0.3 is 10.6 Å². The second-order valence-corrected chi connectivity index (χ2v) is 4.25. The number of halogens is 1. The minimum absolute atomic E-state index is 0.0249. The molecule has 4 nitrogen and oxygen atoms in total. The maximum Gasteiger partial charge on any atom is 0.253 e. The monoisotopic (exact) mass is 259 g/mol. The van der Waals surface area contributed by atoms with Gasteiger partial charge in [-0.2, -0.15) is 0 Å². The van der Waals surface area contributed by atoms with Gasteiger partial charge in [-0.05, 0) is 35.9 Å². The fraction of sp³-hybridized carbons (Fsp3) is 0.143. The minimum Gasteiger partial charge on any atom is -0.396 e. The van der Waals surface area contributed by atoms with Crippen molar-refractivity contribution in [2.45, 2.75) is 6.54 Å². The van der Waals surface area contributed by atoms with E-state index in [2.05, 4.69) is 4.98 Å². The highest BCUT2D eigenvalue weighted by atomic mass is 19.1. The Kier molecular flexibility index (Phi) is 3.75. The van der Waals surface area contributed by atoms with E-state index < -0.39 is 5.82 Å². The Bertz CT molecular complexity index is 586. The zero-order valence-electron chi connectivity index (χ0n) is 10.5. The molecule has 1 heterocycles. The number of pyridine rings is 1. The second kappa shape index (κ2) is 5.48. The zero-order chi connectivity index (χ0) is 13.8. The molecule has 0 fully saturated rings. The zero-order valence-corrected chi connectivity index (χ0v) is 10.5. The van der Waals surface area contributed by atoms with Gasteiger partial charge in [0.25, 0.3) is 5.91 Å².